The van der Waals surface area contributed by atoms with Gasteiger partial charge in [0.25, 0.3) is 0 Å². The fourth-order valence-corrected chi connectivity index (χ4v) is 3.82. The minimum Gasteiger partial charge on any atom is -0.207 e. The third-order valence-electron chi connectivity index (χ3n) is 3.28. The molecule has 1 heterocycles. The number of rotatable bonds is 2. The van der Waals surface area contributed by atoms with Crippen LogP contribution in [0.1, 0.15) is 25.3 Å². The second-order valence-electron chi connectivity index (χ2n) is 4.92. The molecular weight excluding hydrogens is 234 g/mol. The van der Waals surface area contributed by atoms with Crippen LogP contribution in [-0.2, 0) is 10.0 Å². The summed E-state index contributed by atoms with van der Waals surface area (Å²) in [5.74, 6) is 0.462. The van der Waals surface area contributed by atoms with E-state index in [1.54, 1.807) is 16.4 Å². The van der Waals surface area contributed by atoms with Gasteiger partial charge in [-0.25, -0.2) is 8.42 Å². The Hall–Kier alpha value is -0.870. The van der Waals surface area contributed by atoms with E-state index in [1.807, 2.05) is 19.1 Å². The van der Waals surface area contributed by atoms with Crippen LogP contribution >= 0.6 is 0 Å². The normalized spacial score (nSPS) is 22.6. The molecule has 0 aromatic heterocycles. The molecule has 4 heteroatoms. The van der Waals surface area contributed by atoms with E-state index in [1.165, 1.54) is 0 Å². The zero-order chi connectivity index (χ0) is 12.5. The zero-order valence-corrected chi connectivity index (χ0v) is 11.2. The monoisotopic (exact) mass is 253 g/mol. The fourth-order valence-electron chi connectivity index (χ4n) is 2.22. The van der Waals surface area contributed by atoms with Gasteiger partial charge in [0.05, 0.1) is 4.90 Å². The standard InChI is InChI=1S/C13H19NO2S/c1-11-5-7-13(8-6-11)17(15,16)14-9-3-4-12(2)10-14/h5-8,12H,3-4,9-10H2,1-2H3/t12-/m1/s1. The summed E-state index contributed by atoms with van der Waals surface area (Å²) in [7, 11) is -3.28. The van der Waals surface area contributed by atoms with E-state index in [4.69, 9.17) is 0 Å². The van der Waals surface area contributed by atoms with Crippen molar-refractivity contribution in [2.45, 2.75) is 31.6 Å². The number of sulfonamides is 1. The molecule has 0 N–H and O–H groups in total. The molecule has 1 aromatic carbocycles. The maximum atomic E-state index is 12.4. The topological polar surface area (TPSA) is 37.4 Å². The zero-order valence-electron chi connectivity index (χ0n) is 10.4. The molecule has 3 nitrogen and oxygen atoms in total. The SMILES string of the molecule is Cc1ccc(S(=O)(=O)N2CCC[C@@H](C)C2)cc1. The summed E-state index contributed by atoms with van der Waals surface area (Å²) < 4.78 is 26.4. The first-order chi connectivity index (χ1) is 8.00. The number of aryl methyl sites for hydroxylation is 1. The van der Waals surface area contributed by atoms with E-state index >= 15 is 0 Å². The van der Waals surface area contributed by atoms with Crippen molar-refractivity contribution in [2.75, 3.05) is 13.1 Å². The van der Waals surface area contributed by atoms with Crippen molar-refractivity contribution in [2.24, 2.45) is 5.92 Å². The molecule has 94 valence electrons. The van der Waals surface area contributed by atoms with Crippen LogP contribution in [0.5, 0.6) is 0 Å². The minimum atomic E-state index is -3.28. The molecule has 0 radical (unpaired) electrons. The molecule has 0 spiro atoms. The van der Waals surface area contributed by atoms with Gasteiger partial charge in [0, 0.05) is 13.1 Å². The Bertz CT molecular complexity index is 479. The first-order valence-electron chi connectivity index (χ1n) is 6.07. The smallest absolute Gasteiger partial charge is 0.207 e. The predicted molar refractivity (Wildman–Crippen MR) is 68.3 cm³/mol. The molecule has 1 atom stereocenters. The van der Waals surface area contributed by atoms with Gasteiger partial charge in [-0.2, -0.15) is 4.31 Å². The van der Waals surface area contributed by atoms with Gasteiger partial charge in [0.15, 0.2) is 0 Å². The summed E-state index contributed by atoms with van der Waals surface area (Å²) in [6, 6.07) is 7.09. The molecule has 0 bridgehead atoms. The van der Waals surface area contributed by atoms with E-state index in [9.17, 15) is 8.42 Å². The average Bonchev–Trinajstić information content (AvgIpc) is 2.29. The summed E-state index contributed by atoms with van der Waals surface area (Å²) in [5.41, 5.74) is 1.08. The van der Waals surface area contributed by atoms with Crippen molar-refractivity contribution in [1.82, 2.24) is 4.31 Å². The second-order valence-corrected chi connectivity index (χ2v) is 6.86. The van der Waals surface area contributed by atoms with Crippen LogP contribution in [0, 0.1) is 12.8 Å². The molecule has 1 fully saturated rings. The molecule has 0 aliphatic carbocycles. The second kappa shape index (κ2) is 4.78. The average molecular weight is 253 g/mol. The van der Waals surface area contributed by atoms with Crippen LogP contribution in [0.15, 0.2) is 29.2 Å². The van der Waals surface area contributed by atoms with Gasteiger partial charge in [0.1, 0.15) is 0 Å². The largest absolute Gasteiger partial charge is 0.243 e. The van der Waals surface area contributed by atoms with E-state index in [2.05, 4.69) is 6.92 Å². The van der Waals surface area contributed by atoms with Crippen LogP contribution in [0.3, 0.4) is 0 Å². The molecule has 0 saturated carbocycles. The van der Waals surface area contributed by atoms with Gasteiger partial charge in [-0.1, -0.05) is 24.6 Å². The van der Waals surface area contributed by atoms with Crippen molar-refractivity contribution in [1.29, 1.82) is 0 Å². The van der Waals surface area contributed by atoms with Crippen LogP contribution < -0.4 is 0 Å². The highest BCUT2D eigenvalue weighted by atomic mass is 32.2. The number of hydrogen-bond acceptors (Lipinski definition) is 2. The minimum absolute atomic E-state index is 0.414. The van der Waals surface area contributed by atoms with E-state index in [0.29, 0.717) is 23.9 Å². The molecule has 17 heavy (non-hydrogen) atoms. The molecular formula is C13H19NO2S. The third kappa shape index (κ3) is 2.69. The Balaban J connectivity index is 2.26. The van der Waals surface area contributed by atoms with Crippen molar-refractivity contribution in [3.8, 4) is 0 Å². The number of nitrogens with zero attached hydrogens (tertiary/aromatic N) is 1. The quantitative estimate of drug-likeness (QED) is 0.811. The fraction of sp³-hybridized carbons (Fsp3) is 0.538. The Morgan fingerprint density at radius 3 is 2.47 bits per heavy atom. The Kier molecular flexibility index (Phi) is 3.54. The highest BCUT2D eigenvalue weighted by Gasteiger charge is 2.28. The molecule has 2 rings (SSSR count). The van der Waals surface area contributed by atoms with Crippen LogP contribution in [-0.4, -0.2) is 25.8 Å². The lowest BCUT2D eigenvalue weighted by Gasteiger charge is -2.30. The van der Waals surface area contributed by atoms with Crippen molar-refractivity contribution in [3.63, 3.8) is 0 Å². The molecule has 0 unspecified atom stereocenters. The summed E-state index contributed by atoms with van der Waals surface area (Å²) in [6.07, 6.45) is 2.09. The number of benzene rings is 1. The summed E-state index contributed by atoms with van der Waals surface area (Å²) >= 11 is 0. The molecule has 1 aliphatic heterocycles. The Morgan fingerprint density at radius 1 is 1.24 bits per heavy atom. The first-order valence-corrected chi connectivity index (χ1v) is 7.51. The number of hydrogen-bond donors (Lipinski definition) is 0. The lowest BCUT2D eigenvalue weighted by atomic mass is 10.0. The predicted octanol–water partition coefficient (Wildman–Crippen LogP) is 2.42. The van der Waals surface area contributed by atoms with E-state index in [0.717, 1.165) is 18.4 Å². The van der Waals surface area contributed by atoms with Gasteiger partial charge in [-0.3, -0.25) is 0 Å². The Labute approximate surface area is 104 Å². The third-order valence-corrected chi connectivity index (χ3v) is 5.16. The van der Waals surface area contributed by atoms with Crippen molar-refractivity contribution in [3.05, 3.63) is 29.8 Å². The van der Waals surface area contributed by atoms with Crippen LogP contribution in [0.4, 0.5) is 0 Å². The molecule has 1 saturated heterocycles. The first kappa shape index (κ1) is 12.6. The van der Waals surface area contributed by atoms with Crippen molar-refractivity contribution >= 4 is 10.0 Å². The lowest BCUT2D eigenvalue weighted by Crippen LogP contribution is -2.39. The van der Waals surface area contributed by atoms with Gasteiger partial charge in [-0.15, -0.1) is 0 Å². The van der Waals surface area contributed by atoms with E-state index in [-0.39, 0.29) is 0 Å². The summed E-state index contributed by atoms with van der Waals surface area (Å²) in [5, 5.41) is 0. The van der Waals surface area contributed by atoms with Gasteiger partial charge in [0.2, 0.25) is 10.0 Å². The maximum Gasteiger partial charge on any atom is 0.243 e. The van der Waals surface area contributed by atoms with E-state index < -0.39 is 10.0 Å². The number of piperidine rings is 1. The lowest BCUT2D eigenvalue weighted by molar-refractivity contribution is 0.281. The van der Waals surface area contributed by atoms with Crippen molar-refractivity contribution < 1.29 is 8.42 Å². The maximum absolute atomic E-state index is 12.4. The summed E-state index contributed by atoms with van der Waals surface area (Å²) in [6.45, 7) is 5.37. The highest BCUT2D eigenvalue weighted by Crippen LogP contribution is 2.23. The molecule has 1 aliphatic rings. The molecule has 1 aromatic rings. The molecule has 0 amide bonds. The van der Waals surface area contributed by atoms with Gasteiger partial charge >= 0.3 is 0 Å². The van der Waals surface area contributed by atoms with Gasteiger partial charge in [-0.05, 0) is 37.8 Å². The van der Waals surface area contributed by atoms with Crippen LogP contribution in [0.2, 0.25) is 0 Å². The van der Waals surface area contributed by atoms with Gasteiger partial charge < -0.3 is 0 Å². The summed E-state index contributed by atoms with van der Waals surface area (Å²) in [4.78, 5) is 0.414. The van der Waals surface area contributed by atoms with Crippen LogP contribution in [0.25, 0.3) is 0 Å². The highest BCUT2D eigenvalue weighted by molar-refractivity contribution is 7.89. The Morgan fingerprint density at radius 2 is 1.88 bits per heavy atom.